The average Bonchev–Trinajstić information content (AvgIpc) is 3.78. The molecule has 4 nitrogen and oxygen atoms in total. The molecule has 47 heavy (non-hydrogen) atoms. The van der Waals surface area contributed by atoms with Crippen LogP contribution in [0.15, 0.2) is 158 Å². The molecule has 0 unspecified atom stereocenters. The van der Waals surface area contributed by atoms with Gasteiger partial charge in [0, 0.05) is 43.7 Å². The minimum Gasteiger partial charge on any atom is -0.309 e. The van der Waals surface area contributed by atoms with E-state index in [-0.39, 0.29) is 0 Å². The topological polar surface area (TPSA) is 38.6 Å². The number of hydrogen-bond acceptors (Lipinski definition) is 1. The van der Waals surface area contributed by atoms with E-state index in [9.17, 15) is 5.26 Å². The van der Waals surface area contributed by atoms with Gasteiger partial charge in [-0.15, -0.1) is 0 Å². The highest BCUT2D eigenvalue weighted by molar-refractivity contribution is 6.31. The summed E-state index contributed by atoms with van der Waals surface area (Å²) in [4.78, 5) is 0. The van der Waals surface area contributed by atoms with Crippen molar-refractivity contribution in [3.05, 3.63) is 163 Å². The molecule has 0 aliphatic carbocycles. The predicted molar refractivity (Wildman–Crippen MR) is 194 cm³/mol. The quantitative estimate of drug-likeness (QED) is 0.199. The highest BCUT2D eigenvalue weighted by Crippen LogP contribution is 2.46. The number of fused-ring (bicyclic) bond motifs is 11. The van der Waals surface area contributed by atoms with E-state index in [1.54, 1.807) is 0 Å². The van der Waals surface area contributed by atoms with Gasteiger partial charge in [0.1, 0.15) is 6.07 Å². The molecule has 218 valence electrons. The Morgan fingerprint density at radius 1 is 0.362 bits per heavy atom. The molecule has 0 N–H and O–H groups in total. The molecule has 0 bridgehead atoms. The largest absolute Gasteiger partial charge is 0.309 e. The summed E-state index contributed by atoms with van der Waals surface area (Å²) in [7, 11) is 0. The van der Waals surface area contributed by atoms with Gasteiger partial charge >= 0.3 is 0 Å². The van der Waals surface area contributed by atoms with Gasteiger partial charge in [-0.1, -0.05) is 97.1 Å². The van der Waals surface area contributed by atoms with Crippen LogP contribution in [-0.2, 0) is 0 Å². The van der Waals surface area contributed by atoms with Gasteiger partial charge in [0.25, 0.3) is 0 Å². The molecule has 3 heterocycles. The van der Waals surface area contributed by atoms with Crippen molar-refractivity contribution in [3.63, 3.8) is 0 Å². The SMILES string of the molecule is N#Cc1ccccc1-n1c2ccccc2c2c1ccc1c3ccc4c(c5ccccc5n4-c4ccccc4)c3n(-c3ccccc3)c12. The fraction of sp³-hybridized carbons (Fsp3) is 0. The Kier molecular flexibility index (Phi) is 5.32. The lowest BCUT2D eigenvalue weighted by atomic mass is 10.1. The van der Waals surface area contributed by atoms with Crippen LogP contribution in [0.3, 0.4) is 0 Å². The zero-order valence-corrected chi connectivity index (χ0v) is 25.3. The van der Waals surface area contributed by atoms with Crippen LogP contribution in [-0.4, -0.2) is 13.7 Å². The maximum absolute atomic E-state index is 10.1. The van der Waals surface area contributed by atoms with E-state index in [0.717, 1.165) is 39.0 Å². The first-order valence-electron chi connectivity index (χ1n) is 15.9. The number of nitrogens with zero attached hydrogens (tertiary/aromatic N) is 4. The summed E-state index contributed by atoms with van der Waals surface area (Å²) >= 11 is 0. The summed E-state index contributed by atoms with van der Waals surface area (Å²) in [5.74, 6) is 0. The normalized spacial score (nSPS) is 11.8. The van der Waals surface area contributed by atoms with Gasteiger partial charge in [-0.05, 0) is 60.7 Å². The molecule has 10 rings (SSSR count). The summed E-state index contributed by atoms with van der Waals surface area (Å²) in [6.45, 7) is 0. The van der Waals surface area contributed by atoms with Crippen LogP contribution in [0, 0.1) is 11.3 Å². The van der Waals surface area contributed by atoms with Crippen LogP contribution in [0.5, 0.6) is 0 Å². The lowest BCUT2D eigenvalue weighted by Gasteiger charge is -2.11. The number of hydrogen-bond donors (Lipinski definition) is 0. The van der Waals surface area contributed by atoms with Crippen LogP contribution in [0.1, 0.15) is 5.56 Å². The molecule has 4 heteroatoms. The average molecular weight is 599 g/mol. The van der Waals surface area contributed by atoms with E-state index >= 15 is 0 Å². The first-order chi connectivity index (χ1) is 23.3. The number of para-hydroxylation sites is 5. The molecule has 0 saturated carbocycles. The smallest absolute Gasteiger partial charge is 0.101 e. The van der Waals surface area contributed by atoms with Crippen molar-refractivity contribution in [2.75, 3.05) is 0 Å². The van der Waals surface area contributed by atoms with Crippen molar-refractivity contribution >= 4 is 65.4 Å². The molecule has 0 aliphatic rings. The van der Waals surface area contributed by atoms with Gasteiger partial charge in [-0.3, -0.25) is 0 Å². The molecule has 3 aromatic heterocycles. The van der Waals surface area contributed by atoms with Crippen LogP contribution < -0.4 is 0 Å². The zero-order valence-electron chi connectivity index (χ0n) is 25.3. The third-order valence-electron chi connectivity index (χ3n) is 9.65. The summed E-state index contributed by atoms with van der Waals surface area (Å²) in [5.41, 5.74) is 10.6. The third-order valence-corrected chi connectivity index (χ3v) is 9.65. The number of rotatable bonds is 3. The van der Waals surface area contributed by atoms with Gasteiger partial charge < -0.3 is 13.7 Å². The van der Waals surface area contributed by atoms with E-state index in [0.29, 0.717) is 5.56 Å². The van der Waals surface area contributed by atoms with Crippen molar-refractivity contribution in [3.8, 4) is 23.1 Å². The van der Waals surface area contributed by atoms with Crippen molar-refractivity contribution in [1.82, 2.24) is 13.7 Å². The van der Waals surface area contributed by atoms with Gasteiger partial charge in [-0.2, -0.15) is 5.26 Å². The lowest BCUT2D eigenvalue weighted by molar-refractivity contribution is 1.16. The molecular weight excluding hydrogens is 573 g/mol. The molecule has 0 radical (unpaired) electrons. The number of aromatic nitrogens is 3. The van der Waals surface area contributed by atoms with E-state index in [4.69, 9.17) is 0 Å². The molecule has 0 fully saturated rings. The van der Waals surface area contributed by atoms with Gasteiger partial charge in [0.05, 0.1) is 44.4 Å². The molecular formula is C43H26N4. The monoisotopic (exact) mass is 598 g/mol. The summed E-state index contributed by atoms with van der Waals surface area (Å²) in [5, 5.41) is 17.3. The molecule has 10 aromatic rings. The second-order valence-electron chi connectivity index (χ2n) is 12.1. The standard InChI is InChI=1S/C43H26N4/c44-27-28-13-7-10-20-35(28)47-37-22-12-9-19-34(37)41-39(47)26-24-32-31-23-25-38-40(42(31)46(43(32)41)30-16-5-2-6-17-30)33-18-8-11-21-36(33)45(38)29-14-3-1-4-15-29/h1-26H. The summed E-state index contributed by atoms with van der Waals surface area (Å²) in [6, 6.07) is 58.1. The second kappa shape index (κ2) is 9.71. The molecule has 7 aromatic carbocycles. The minimum absolute atomic E-state index is 0.647. The zero-order chi connectivity index (χ0) is 31.1. The highest BCUT2D eigenvalue weighted by Gasteiger charge is 2.24. The molecule has 0 aliphatic heterocycles. The Labute approximate surface area is 270 Å². The summed E-state index contributed by atoms with van der Waals surface area (Å²) < 4.78 is 7.12. The first kappa shape index (κ1) is 25.7. The maximum atomic E-state index is 10.1. The number of nitriles is 1. The van der Waals surface area contributed by atoms with Gasteiger partial charge in [0.2, 0.25) is 0 Å². The van der Waals surface area contributed by atoms with E-state index in [2.05, 4.69) is 153 Å². The summed E-state index contributed by atoms with van der Waals surface area (Å²) in [6.07, 6.45) is 0. The molecule has 0 amide bonds. The Bertz CT molecular complexity index is 2900. The van der Waals surface area contributed by atoms with Crippen LogP contribution >= 0.6 is 0 Å². The van der Waals surface area contributed by atoms with E-state index in [1.165, 1.54) is 43.5 Å². The third kappa shape index (κ3) is 3.46. The Hall–Kier alpha value is -6.57. The molecule has 0 spiro atoms. The van der Waals surface area contributed by atoms with Gasteiger partial charge in [0.15, 0.2) is 0 Å². The van der Waals surface area contributed by atoms with Crippen LogP contribution in [0.2, 0.25) is 0 Å². The molecule has 0 atom stereocenters. The highest BCUT2D eigenvalue weighted by atomic mass is 15.0. The van der Waals surface area contributed by atoms with E-state index in [1.807, 2.05) is 24.3 Å². The maximum Gasteiger partial charge on any atom is 0.101 e. The van der Waals surface area contributed by atoms with Crippen molar-refractivity contribution in [2.45, 2.75) is 0 Å². The van der Waals surface area contributed by atoms with Crippen molar-refractivity contribution < 1.29 is 0 Å². The fourth-order valence-electron chi connectivity index (χ4n) is 7.81. The van der Waals surface area contributed by atoms with Gasteiger partial charge in [-0.25, -0.2) is 0 Å². The van der Waals surface area contributed by atoms with Crippen LogP contribution in [0.25, 0.3) is 82.5 Å². The van der Waals surface area contributed by atoms with Crippen molar-refractivity contribution in [1.29, 1.82) is 5.26 Å². The lowest BCUT2D eigenvalue weighted by Crippen LogP contribution is -1.97. The van der Waals surface area contributed by atoms with Crippen LogP contribution in [0.4, 0.5) is 0 Å². The first-order valence-corrected chi connectivity index (χ1v) is 15.9. The van der Waals surface area contributed by atoms with E-state index < -0.39 is 0 Å². The Morgan fingerprint density at radius 2 is 0.830 bits per heavy atom. The second-order valence-corrected chi connectivity index (χ2v) is 12.1. The Balaban J connectivity index is 1.48. The van der Waals surface area contributed by atoms with Crippen molar-refractivity contribution in [2.24, 2.45) is 0 Å². The number of benzene rings is 7. The minimum atomic E-state index is 0.647. The molecule has 0 saturated heterocycles. The predicted octanol–water partition coefficient (Wildman–Crippen LogP) is 10.8. The fourth-order valence-corrected chi connectivity index (χ4v) is 7.81. The Morgan fingerprint density at radius 3 is 1.43 bits per heavy atom.